The Hall–Kier alpha value is -0.790. The molecular formula is C17H32O2. The third-order valence-corrected chi connectivity index (χ3v) is 5.45. The van der Waals surface area contributed by atoms with Crippen LogP contribution >= 0.6 is 0 Å². The van der Waals surface area contributed by atoms with Crippen molar-refractivity contribution in [2.75, 3.05) is 6.61 Å². The van der Waals surface area contributed by atoms with Gasteiger partial charge in [0.15, 0.2) is 0 Å². The van der Waals surface area contributed by atoms with Crippen molar-refractivity contribution in [2.24, 2.45) is 16.7 Å². The molecule has 2 unspecified atom stereocenters. The molecule has 2 nitrogen and oxygen atoms in total. The Balaban J connectivity index is 4.60. The predicted molar refractivity (Wildman–Crippen MR) is 82.0 cm³/mol. The first-order valence-corrected chi connectivity index (χ1v) is 7.56. The molecule has 0 N–H and O–H groups in total. The van der Waals surface area contributed by atoms with Crippen LogP contribution in [0.4, 0.5) is 0 Å². The second kappa shape index (κ2) is 7.72. The third kappa shape index (κ3) is 4.36. The lowest BCUT2D eigenvalue weighted by Gasteiger charge is -2.49. The molecule has 19 heavy (non-hydrogen) atoms. The molecule has 0 spiro atoms. The van der Waals surface area contributed by atoms with E-state index in [4.69, 9.17) is 4.74 Å². The van der Waals surface area contributed by atoms with Crippen LogP contribution in [0, 0.1) is 16.7 Å². The molecule has 0 saturated carbocycles. The second-order valence-electron chi connectivity index (χ2n) is 6.32. The lowest BCUT2D eigenvalue weighted by molar-refractivity contribution is -0.138. The summed E-state index contributed by atoms with van der Waals surface area (Å²) in [5, 5.41) is 0. The molecule has 0 aromatic carbocycles. The van der Waals surface area contributed by atoms with Gasteiger partial charge < -0.3 is 4.74 Å². The van der Waals surface area contributed by atoms with Gasteiger partial charge in [-0.3, -0.25) is 0 Å². The zero-order valence-electron chi connectivity index (χ0n) is 13.7. The normalized spacial score (nSPS) is 17.6. The molecule has 0 aromatic heterocycles. The molecule has 112 valence electrons. The minimum atomic E-state index is -0.319. The third-order valence-electron chi connectivity index (χ3n) is 5.45. The molecule has 0 fully saturated rings. The van der Waals surface area contributed by atoms with Gasteiger partial charge in [-0.2, -0.15) is 0 Å². The number of carbonyl (C=O) groups excluding carboxylic acids is 1. The van der Waals surface area contributed by atoms with Gasteiger partial charge in [-0.25, -0.2) is 4.79 Å². The van der Waals surface area contributed by atoms with E-state index in [0.29, 0.717) is 17.9 Å². The van der Waals surface area contributed by atoms with Crippen LogP contribution in [0.15, 0.2) is 12.7 Å². The van der Waals surface area contributed by atoms with Gasteiger partial charge in [0.05, 0.1) is 6.61 Å². The van der Waals surface area contributed by atoms with Gasteiger partial charge in [0.2, 0.25) is 0 Å². The van der Waals surface area contributed by atoms with Crippen LogP contribution in [0.1, 0.15) is 67.2 Å². The summed E-state index contributed by atoms with van der Waals surface area (Å²) in [6, 6.07) is 0. The number of esters is 1. The van der Waals surface area contributed by atoms with Crippen LogP contribution in [0.3, 0.4) is 0 Å². The van der Waals surface area contributed by atoms with Crippen LogP contribution in [0.5, 0.6) is 0 Å². The van der Waals surface area contributed by atoms with E-state index in [-0.39, 0.29) is 11.4 Å². The standard InChI is InChI=1S/C17H32O2/c1-8-15(18)19-13-11-12-16(6,9-2)17(7,10-3)14(4)5/h8,14H,1,9-13H2,2-7H3. The summed E-state index contributed by atoms with van der Waals surface area (Å²) < 4.78 is 5.08. The molecule has 0 aromatic rings. The lowest BCUT2D eigenvalue weighted by atomic mass is 9.56. The van der Waals surface area contributed by atoms with Gasteiger partial charge in [0.25, 0.3) is 0 Å². The summed E-state index contributed by atoms with van der Waals surface area (Å²) in [6.07, 6.45) is 5.58. The zero-order chi connectivity index (χ0) is 15.1. The Morgan fingerprint density at radius 2 is 1.84 bits per heavy atom. The molecular weight excluding hydrogens is 236 g/mol. The zero-order valence-corrected chi connectivity index (χ0v) is 13.7. The number of hydrogen-bond acceptors (Lipinski definition) is 2. The average Bonchev–Trinajstić information content (AvgIpc) is 2.41. The van der Waals surface area contributed by atoms with Crippen LogP contribution in [0.2, 0.25) is 0 Å². The number of rotatable bonds is 9. The maximum Gasteiger partial charge on any atom is 0.330 e. The Kier molecular flexibility index (Phi) is 7.39. The molecule has 0 heterocycles. The first-order valence-electron chi connectivity index (χ1n) is 7.56. The van der Waals surface area contributed by atoms with Gasteiger partial charge in [-0.15, -0.1) is 0 Å². The number of ether oxygens (including phenoxy) is 1. The Morgan fingerprint density at radius 3 is 2.21 bits per heavy atom. The van der Waals surface area contributed by atoms with E-state index in [1.165, 1.54) is 12.5 Å². The van der Waals surface area contributed by atoms with E-state index in [0.717, 1.165) is 19.3 Å². The Bertz CT molecular complexity index is 296. The SMILES string of the molecule is C=CC(=O)OCCCC(C)(CC)C(C)(CC)C(C)C. The summed E-state index contributed by atoms with van der Waals surface area (Å²) in [7, 11) is 0. The van der Waals surface area contributed by atoms with Gasteiger partial charge >= 0.3 is 5.97 Å². The maximum absolute atomic E-state index is 11.0. The van der Waals surface area contributed by atoms with Crippen LogP contribution in [-0.2, 0) is 9.53 Å². The molecule has 0 rings (SSSR count). The Labute approximate surface area is 119 Å². The highest BCUT2D eigenvalue weighted by Gasteiger charge is 2.43. The van der Waals surface area contributed by atoms with Crippen molar-refractivity contribution in [1.82, 2.24) is 0 Å². The van der Waals surface area contributed by atoms with Crippen molar-refractivity contribution >= 4 is 5.97 Å². The van der Waals surface area contributed by atoms with Crippen molar-refractivity contribution in [3.63, 3.8) is 0 Å². The minimum Gasteiger partial charge on any atom is -0.463 e. The van der Waals surface area contributed by atoms with Crippen molar-refractivity contribution in [3.05, 3.63) is 12.7 Å². The molecule has 0 aliphatic heterocycles. The van der Waals surface area contributed by atoms with Crippen molar-refractivity contribution < 1.29 is 9.53 Å². The minimum absolute atomic E-state index is 0.288. The molecule has 0 bridgehead atoms. The summed E-state index contributed by atoms with van der Waals surface area (Å²) in [4.78, 5) is 11.0. The van der Waals surface area contributed by atoms with Gasteiger partial charge in [-0.05, 0) is 36.0 Å². The summed E-state index contributed by atoms with van der Waals surface area (Å²) in [5.41, 5.74) is 0.612. The highest BCUT2D eigenvalue weighted by atomic mass is 16.5. The van der Waals surface area contributed by atoms with E-state index in [1.54, 1.807) is 0 Å². The van der Waals surface area contributed by atoms with E-state index in [9.17, 15) is 4.79 Å². The summed E-state index contributed by atoms with van der Waals surface area (Å²) >= 11 is 0. The predicted octanol–water partition coefficient (Wildman–Crippen LogP) is 4.98. The fraction of sp³-hybridized carbons (Fsp3) is 0.824. The molecule has 0 aliphatic carbocycles. The van der Waals surface area contributed by atoms with Gasteiger partial charge in [0.1, 0.15) is 0 Å². The van der Waals surface area contributed by atoms with Crippen LogP contribution < -0.4 is 0 Å². The second-order valence-corrected chi connectivity index (χ2v) is 6.32. The number of carbonyl (C=O) groups is 1. The monoisotopic (exact) mass is 268 g/mol. The van der Waals surface area contributed by atoms with Crippen molar-refractivity contribution in [1.29, 1.82) is 0 Å². The van der Waals surface area contributed by atoms with E-state index >= 15 is 0 Å². The molecule has 0 radical (unpaired) electrons. The highest BCUT2D eigenvalue weighted by molar-refractivity contribution is 5.81. The quantitative estimate of drug-likeness (QED) is 0.335. The smallest absolute Gasteiger partial charge is 0.330 e. The Morgan fingerprint density at radius 1 is 1.26 bits per heavy atom. The van der Waals surface area contributed by atoms with Crippen molar-refractivity contribution in [2.45, 2.75) is 67.2 Å². The van der Waals surface area contributed by atoms with E-state index in [1.807, 2.05) is 0 Å². The summed E-state index contributed by atoms with van der Waals surface area (Å²) in [5.74, 6) is 0.332. The van der Waals surface area contributed by atoms with Gasteiger partial charge in [0, 0.05) is 6.08 Å². The van der Waals surface area contributed by atoms with E-state index in [2.05, 4.69) is 48.1 Å². The van der Waals surface area contributed by atoms with E-state index < -0.39 is 0 Å². The van der Waals surface area contributed by atoms with Crippen molar-refractivity contribution in [3.8, 4) is 0 Å². The first-order chi connectivity index (χ1) is 8.77. The molecule has 0 aliphatic rings. The summed E-state index contributed by atoms with van der Waals surface area (Å²) in [6.45, 7) is 17.9. The topological polar surface area (TPSA) is 26.3 Å². The first kappa shape index (κ1) is 18.2. The number of hydrogen-bond donors (Lipinski definition) is 0. The largest absolute Gasteiger partial charge is 0.463 e. The molecule has 0 amide bonds. The van der Waals surface area contributed by atoms with Crippen LogP contribution in [-0.4, -0.2) is 12.6 Å². The highest BCUT2D eigenvalue weighted by Crippen LogP contribution is 2.52. The fourth-order valence-electron chi connectivity index (χ4n) is 3.09. The molecule has 0 saturated heterocycles. The lowest BCUT2D eigenvalue weighted by Crippen LogP contribution is -2.41. The van der Waals surface area contributed by atoms with Gasteiger partial charge in [-0.1, -0.05) is 54.5 Å². The average molecular weight is 268 g/mol. The van der Waals surface area contributed by atoms with Crippen LogP contribution in [0.25, 0.3) is 0 Å². The molecule has 2 atom stereocenters. The maximum atomic E-state index is 11.0. The molecule has 2 heteroatoms. The fourth-order valence-corrected chi connectivity index (χ4v) is 3.09.